The minimum absolute atomic E-state index is 0.460. The van der Waals surface area contributed by atoms with Gasteiger partial charge in [-0.2, -0.15) is 0 Å². The maximum Gasteiger partial charge on any atom is 0.0922 e. The highest BCUT2D eigenvalue weighted by Gasteiger charge is 2.11. The molecule has 1 heterocycles. The van der Waals surface area contributed by atoms with E-state index in [1.165, 1.54) is 5.56 Å². The van der Waals surface area contributed by atoms with Gasteiger partial charge in [-0.1, -0.05) is 29.8 Å². The van der Waals surface area contributed by atoms with Gasteiger partial charge < -0.3 is 10.1 Å². The lowest BCUT2D eigenvalue weighted by Gasteiger charge is -2.20. The van der Waals surface area contributed by atoms with Crippen molar-refractivity contribution in [2.75, 3.05) is 13.6 Å². The van der Waals surface area contributed by atoms with Gasteiger partial charge in [-0.15, -0.1) is 0 Å². The predicted octanol–water partition coefficient (Wildman–Crippen LogP) is 1.88. The minimum atomic E-state index is -0.460. The number of nitrogens with one attached hydrogen (secondary N) is 1. The van der Waals surface area contributed by atoms with Crippen LogP contribution in [0.2, 0.25) is 0 Å². The molecule has 0 saturated carbocycles. The lowest BCUT2D eigenvalue weighted by Crippen LogP contribution is -2.24. The van der Waals surface area contributed by atoms with Crippen molar-refractivity contribution in [1.82, 2.24) is 14.9 Å². The van der Waals surface area contributed by atoms with E-state index in [4.69, 9.17) is 0 Å². The summed E-state index contributed by atoms with van der Waals surface area (Å²) in [6.07, 6.45) is 3.01. The molecular weight excluding hydrogens is 226 g/mol. The molecule has 0 radical (unpaired) electrons. The van der Waals surface area contributed by atoms with E-state index in [1.54, 1.807) is 12.5 Å². The van der Waals surface area contributed by atoms with Crippen LogP contribution in [0, 0.1) is 6.92 Å². The number of aryl methyl sites for hydroxylation is 1. The fourth-order valence-electron chi connectivity index (χ4n) is 2.00. The molecular formula is C14H19N3O. The van der Waals surface area contributed by atoms with Gasteiger partial charge in [-0.3, -0.25) is 4.90 Å². The molecule has 1 atom stereocenters. The van der Waals surface area contributed by atoms with Crippen LogP contribution in [0.15, 0.2) is 36.8 Å². The summed E-state index contributed by atoms with van der Waals surface area (Å²) < 4.78 is 0. The fourth-order valence-corrected chi connectivity index (χ4v) is 2.00. The third-order valence-corrected chi connectivity index (χ3v) is 2.91. The highest BCUT2D eigenvalue weighted by molar-refractivity contribution is 5.24. The molecule has 0 aliphatic heterocycles. The molecule has 0 fully saturated rings. The number of rotatable bonds is 5. The normalized spacial score (nSPS) is 12.9. The molecule has 1 unspecified atom stereocenters. The van der Waals surface area contributed by atoms with Crippen LogP contribution in [0.4, 0.5) is 0 Å². The van der Waals surface area contributed by atoms with Crippen LogP contribution in [-0.2, 0) is 6.54 Å². The number of hydrogen-bond donors (Lipinski definition) is 2. The van der Waals surface area contributed by atoms with E-state index in [2.05, 4.69) is 14.9 Å². The number of likely N-dealkylation sites (N-methyl/N-ethyl adjacent to an activating group) is 1. The number of hydrogen-bond acceptors (Lipinski definition) is 3. The first-order valence-electron chi connectivity index (χ1n) is 6.05. The summed E-state index contributed by atoms with van der Waals surface area (Å²) >= 11 is 0. The van der Waals surface area contributed by atoms with Crippen molar-refractivity contribution in [1.29, 1.82) is 0 Å². The average Bonchev–Trinajstić information content (AvgIpc) is 2.81. The molecule has 96 valence electrons. The van der Waals surface area contributed by atoms with E-state index in [0.29, 0.717) is 6.54 Å². The first-order chi connectivity index (χ1) is 8.65. The highest BCUT2D eigenvalue weighted by atomic mass is 16.3. The van der Waals surface area contributed by atoms with Gasteiger partial charge in [0.15, 0.2) is 0 Å². The molecule has 2 aromatic rings. The van der Waals surface area contributed by atoms with E-state index in [1.807, 2.05) is 38.2 Å². The molecule has 0 aliphatic carbocycles. The lowest BCUT2D eigenvalue weighted by molar-refractivity contribution is 0.123. The Morgan fingerprint density at radius 1 is 1.44 bits per heavy atom. The molecule has 1 aromatic carbocycles. The van der Waals surface area contributed by atoms with Gasteiger partial charge in [0, 0.05) is 25.0 Å². The Bertz CT molecular complexity index is 482. The lowest BCUT2D eigenvalue weighted by atomic mass is 10.1. The maximum atomic E-state index is 10.2. The van der Waals surface area contributed by atoms with E-state index in [9.17, 15) is 5.11 Å². The molecule has 0 spiro atoms. The van der Waals surface area contributed by atoms with E-state index < -0.39 is 6.10 Å². The van der Waals surface area contributed by atoms with Crippen molar-refractivity contribution in [3.05, 3.63) is 53.6 Å². The van der Waals surface area contributed by atoms with Crippen molar-refractivity contribution >= 4 is 0 Å². The molecule has 0 saturated heterocycles. The van der Waals surface area contributed by atoms with Crippen molar-refractivity contribution in [2.24, 2.45) is 0 Å². The summed E-state index contributed by atoms with van der Waals surface area (Å²) in [5, 5.41) is 10.2. The van der Waals surface area contributed by atoms with Crippen LogP contribution in [0.3, 0.4) is 0 Å². The van der Waals surface area contributed by atoms with Crippen molar-refractivity contribution in [2.45, 2.75) is 19.6 Å². The van der Waals surface area contributed by atoms with Gasteiger partial charge in [-0.05, 0) is 19.5 Å². The number of aliphatic hydroxyl groups is 1. The van der Waals surface area contributed by atoms with Crippen LogP contribution in [0.1, 0.15) is 22.9 Å². The molecule has 0 bridgehead atoms. The number of nitrogens with zero attached hydrogens (tertiary/aromatic N) is 2. The summed E-state index contributed by atoms with van der Waals surface area (Å²) in [5.41, 5.74) is 3.18. The number of aromatic amines is 1. The molecule has 4 heteroatoms. The quantitative estimate of drug-likeness (QED) is 0.845. The number of H-pyrrole nitrogens is 1. The maximum absolute atomic E-state index is 10.2. The Balaban J connectivity index is 1.92. The van der Waals surface area contributed by atoms with E-state index >= 15 is 0 Å². The smallest absolute Gasteiger partial charge is 0.0922 e. The van der Waals surface area contributed by atoms with Crippen LogP contribution in [0.25, 0.3) is 0 Å². The van der Waals surface area contributed by atoms with Crippen molar-refractivity contribution in [3.63, 3.8) is 0 Å². The number of imidazole rings is 1. The topological polar surface area (TPSA) is 52.1 Å². The monoisotopic (exact) mass is 245 g/mol. The fraction of sp³-hybridized carbons (Fsp3) is 0.357. The molecule has 0 amide bonds. The van der Waals surface area contributed by atoms with Crippen LogP contribution >= 0.6 is 0 Å². The van der Waals surface area contributed by atoms with Gasteiger partial charge in [0.2, 0.25) is 0 Å². The Labute approximate surface area is 107 Å². The Morgan fingerprint density at radius 2 is 2.28 bits per heavy atom. The number of aliphatic hydroxyl groups excluding tert-OH is 1. The second kappa shape index (κ2) is 5.80. The van der Waals surface area contributed by atoms with Gasteiger partial charge in [0.25, 0.3) is 0 Å². The number of benzene rings is 1. The molecule has 1 aromatic heterocycles. The Morgan fingerprint density at radius 3 is 2.94 bits per heavy atom. The second-order valence-electron chi connectivity index (χ2n) is 4.70. The zero-order chi connectivity index (χ0) is 13.0. The molecule has 0 aliphatic rings. The van der Waals surface area contributed by atoms with Gasteiger partial charge in [-0.25, -0.2) is 4.98 Å². The van der Waals surface area contributed by atoms with E-state index in [0.717, 1.165) is 17.8 Å². The molecule has 2 rings (SSSR count). The van der Waals surface area contributed by atoms with Gasteiger partial charge in [0.05, 0.1) is 12.4 Å². The largest absolute Gasteiger partial charge is 0.387 e. The zero-order valence-electron chi connectivity index (χ0n) is 10.8. The molecule has 4 nitrogen and oxygen atoms in total. The van der Waals surface area contributed by atoms with Crippen molar-refractivity contribution < 1.29 is 5.11 Å². The summed E-state index contributed by atoms with van der Waals surface area (Å²) in [6, 6.07) is 7.99. The third kappa shape index (κ3) is 3.42. The summed E-state index contributed by atoms with van der Waals surface area (Å²) in [7, 11) is 1.99. The number of aromatic nitrogens is 2. The SMILES string of the molecule is Cc1cccc(C(O)CN(C)Cc2cnc[nH]2)c1. The summed E-state index contributed by atoms with van der Waals surface area (Å²) in [4.78, 5) is 9.11. The van der Waals surface area contributed by atoms with Gasteiger partial charge in [0.1, 0.15) is 0 Å². The summed E-state index contributed by atoms with van der Waals surface area (Å²) in [5.74, 6) is 0. The van der Waals surface area contributed by atoms with Crippen LogP contribution in [-0.4, -0.2) is 33.6 Å². The predicted molar refractivity (Wildman–Crippen MR) is 71.1 cm³/mol. The molecule has 2 N–H and O–H groups in total. The summed E-state index contributed by atoms with van der Waals surface area (Å²) in [6.45, 7) is 3.38. The second-order valence-corrected chi connectivity index (χ2v) is 4.70. The van der Waals surface area contributed by atoms with E-state index in [-0.39, 0.29) is 0 Å². The van der Waals surface area contributed by atoms with Crippen LogP contribution < -0.4 is 0 Å². The van der Waals surface area contributed by atoms with Gasteiger partial charge >= 0.3 is 0 Å². The standard InChI is InChI=1S/C14H19N3O/c1-11-4-3-5-12(6-11)14(18)9-17(2)8-13-7-15-10-16-13/h3-7,10,14,18H,8-9H2,1-2H3,(H,15,16). The van der Waals surface area contributed by atoms with Crippen LogP contribution in [0.5, 0.6) is 0 Å². The highest BCUT2D eigenvalue weighted by Crippen LogP contribution is 2.15. The minimum Gasteiger partial charge on any atom is -0.387 e. The average molecular weight is 245 g/mol. The molecule has 18 heavy (non-hydrogen) atoms. The Kier molecular flexibility index (Phi) is 4.12. The first-order valence-corrected chi connectivity index (χ1v) is 6.05. The first kappa shape index (κ1) is 12.8. The zero-order valence-corrected chi connectivity index (χ0v) is 10.8. The third-order valence-electron chi connectivity index (χ3n) is 2.91. The Hall–Kier alpha value is -1.65. The van der Waals surface area contributed by atoms with Crippen molar-refractivity contribution in [3.8, 4) is 0 Å².